The molecule has 1 heterocycles. The first kappa shape index (κ1) is 15.6. The van der Waals surface area contributed by atoms with Crippen molar-refractivity contribution in [1.82, 2.24) is 0 Å². The third-order valence-corrected chi connectivity index (χ3v) is 6.46. The second-order valence-electron chi connectivity index (χ2n) is 6.35. The first-order valence-electron chi connectivity index (χ1n) is 8.57. The fraction of sp³-hybridized carbons (Fsp3) is 0. The van der Waals surface area contributed by atoms with Gasteiger partial charge < -0.3 is 0 Å². The molecule has 0 N–H and O–H groups in total. The van der Waals surface area contributed by atoms with Gasteiger partial charge in [-0.1, -0.05) is 84.4 Å². The Kier molecular flexibility index (Phi) is 3.77. The number of thiophene rings is 1. The molecule has 0 fully saturated rings. The molecule has 0 spiro atoms. The Bertz CT molecular complexity index is 1220. The first-order valence-corrected chi connectivity index (χ1v) is 9.76. The highest BCUT2D eigenvalue weighted by Crippen LogP contribution is 2.44. The van der Waals surface area contributed by atoms with E-state index in [-0.39, 0.29) is 0 Å². The van der Waals surface area contributed by atoms with Crippen molar-refractivity contribution in [1.29, 1.82) is 0 Å². The minimum Gasteiger partial charge on any atom is -0.133 e. The van der Waals surface area contributed by atoms with Crippen LogP contribution in [0.2, 0.25) is 5.02 Å². The van der Waals surface area contributed by atoms with Crippen LogP contribution in [-0.4, -0.2) is 0 Å². The molecule has 5 aromatic rings. The Morgan fingerprint density at radius 2 is 1.23 bits per heavy atom. The maximum Gasteiger partial charge on any atom is 0.0584 e. The average Bonchev–Trinajstić information content (AvgIpc) is 3.09. The zero-order valence-corrected chi connectivity index (χ0v) is 15.5. The number of hydrogen-bond acceptors (Lipinski definition) is 1. The van der Waals surface area contributed by atoms with Gasteiger partial charge >= 0.3 is 0 Å². The highest BCUT2D eigenvalue weighted by Gasteiger charge is 2.14. The summed E-state index contributed by atoms with van der Waals surface area (Å²) in [6.45, 7) is 0. The fourth-order valence-electron chi connectivity index (χ4n) is 3.50. The van der Waals surface area contributed by atoms with Crippen molar-refractivity contribution in [2.45, 2.75) is 0 Å². The lowest BCUT2D eigenvalue weighted by Crippen LogP contribution is -1.82. The van der Waals surface area contributed by atoms with Gasteiger partial charge in [-0.3, -0.25) is 0 Å². The first-order chi connectivity index (χ1) is 12.8. The van der Waals surface area contributed by atoms with E-state index in [4.69, 9.17) is 11.6 Å². The predicted octanol–water partition coefficient (Wildman–Crippen LogP) is 8.04. The summed E-state index contributed by atoms with van der Waals surface area (Å²) >= 11 is 8.28. The van der Waals surface area contributed by atoms with Gasteiger partial charge in [-0.2, -0.15) is 0 Å². The van der Waals surface area contributed by atoms with Gasteiger partial charge in [0.1, 0.15) is 0 Å². The molecule has 26 heavy (non-hydrogen) atoms. The number of hydrogen-bond donors (Lipinski definition) is 0. The topological polar surface area (TPSA) is 0 Å². The van der Waals surface area contributed by atoms with E-state index in [1.807, 2.05) is 12.1 Å². The van der Waals surface area contributed by atoms with Gasteiger partial charge in [-0.05, 0) is 34.9 Å². The second kappa shape index (κ2) is 6.28. The van der Waals surface area contributed by atoms with Gasteiger partial charge in [0.2, 0.25) is 0 Å². The molecule has 124 valence electrons. The quantitative estimate of drug-likeness (QED) is 0.295. The lowest BCUT2D eigenvalue weighted by molar-refractivity contribution is 1.63. The maximum absolute atomic E-state index is 6.49. The van der Waals surface area contributed by atoms with Crippen LogP contribution in [0.15, 0.2) is 91.0 Å². The van der Waals surface area contributed by atoms with Gasteiger partial charge in [-0.15, -0.1) is 11.3 Å². The van der Waals surface area contributed by atoms with E-state index in [1.54, 1.807) is 11.3 Å². The van der Waals surface area contributed by atoms with Crippen LogP contribution < -0.4 is 0 Å². The standard InChI is InChI=1S/C24H15ClS/c25-22-13-7-12-19-21-15-18(16-8-3-1-4-9-16)14-20(23(21)26-24(19)22)17-10-5-2-6-11-17/h1-15H. The predicted molar refractivity (Wildman–Crippen MR) is 115 cm³/mol. The molecule has 5 rings (SSSR count). The Hall–Kier alpha value is -2.61. The molecule has 0 amide bonds. The van der Waals surface area contributed by atoms with Crippen LogP contribution in [0.5, 0.6) is 0 Å². The molecule has 0 nitrogen and oxygen atoms in total. The maximum atomic E-state index is 6.49. The summed E-state index contributed by atoms with van der Waals surface area (Å²) in [6, 6.07) is 31.9. The van der Waals surface area contributed by atoms with E-state index >= 15 is 0 Å². The number of rotatable bonds is 2. The van der Waals surface area contributed by atoms with Crippen molar-refractivity contribution in [3.63, 3.8) is 0 Å². The van der Waals surface area contributed by atoms with Gasteiger partial charge in [0.05, 0.1) is 9.72 Å². The van der Waals surface area contributed by atoms with Crippen molar-refractivity contribution in [2.24, 2.45) is 0 Å². The van der Waals surface area contributed by atoms with Crippen LogP contribution in [0.4, 0.5) is 0 Å². The zero-order chi connectivity index (χ0) is 17.5. The number of halogens is 1. The molecular formula is C24H15ClS. The van der Waals surface area contributed by atoms with Crippen LogP contribution in [0.1, 0.15) is 0 Å². The Labute approximate surface area is 161 Å². The molecule has 4 aromatic carbocycles. The van der Waals surface area contributed by atoms with Crippen LogP contribution in [0, 0.1) is 0 Å². The third kappa shape index (κ3) is 2.52. The summed E-state index contributed by atoms with van der Waals surface area (Å²) in [4.78, 5) is 0. The monoisotopic (exact) mass is 370 g/mol. The molecule has 0 saturated heterocycles. The summed E-state index contributed by atoms with van der Waals surface area (Å²) in [5.41, 5.74) is 4.96. The Morgan fingerprint density at radius 1 is 0.538 bits per heavy atom. The highest BCUT2D eigenvalue weighted by molar-refractivity contribution is 7.27. The molecule has 2 heteroatoms. The van der Waals surface area contributed by atoms with Crippen LogP contribution in [0.3, 0.4) is 0 Å². The Morgan fingerprint density at radius 3 is 1.96 bits per heavy atom. The summed E-state index contributed by atoms with van der Waals surface area (Å²) in [5.74, 6) is 0. The molecule has 1 aromatic heterocycles. The van der Waals surface area contributed by atoms with Crippen LogP contribution >= 0.6 is 22.9 Å². The summed E-state index contributed by atoms with van der Waals surface area (Å²) < 4.78 is 2.45. The highest BCUT2D eigenvalue weighted by atomic mass is 35.5. The molecular weight excluding hydrogens is 356 g/mol. The number of benzene rings is 4. The van der Waals surface area contributed by atoms with Crippen molar-refractivity contribution in [3.05, 3.63) is 96.0 Å². The van der Waals surface area contributed by atoms with E-state index in [9.17, 15) is 0 Å². The lowest BCUT2D eigenvalue weighted by atomic mass is 9.96. The largest absolute Gasteiger partial charge is 0.133 e. The molecule has 0 atom stereocenters. The molecule has 0 saturated carbocycles. The minimum atomic E-state index is 0.823. The molecule has 0 aliphatic carbocycles. The summed E-state index contributed by atoms with van der Waals surface area (Å²) in [5, 5.41) is 3.32. The smallest absolute Gasteiger partial charge is 0.0584 e. The van der Waals surface area contributed by atoms with Crippen LogP contribution in [-0.2, 0) is 0 Å². The molecule has 0 aliphatic heterocycles. The van der Waals surface area contributed by atoms with E-state index in [0.29, 0.717) is 0 Å². The van der Waals surface area contributed by atoms with E-state index < -0.39 is 0 Å². The summed E-state index contributed by atoms with van der Waals surface area (Å²) in [6.07, 6.45) is 0. The molecule has 0 unspecified atom stereocenters. The molecule has 0 radical (unpaired) electrons. The van der Waals surface area contributed by atoms with Gasteiger partial charge in [0, 0.05) is 21.0 Å². The average molecular weight is 371 g/mol. The van der Waals surface area contributed by atoms with Crippen molar-refractivity contribution >= 4 is 43.1 Å². The van der Waals surface area contributed by atoms with Crippen molar-refractivity contribution < 1.29 is 0 Å². The summed E-state index contributed by atoms with van der Waals surface area (Å²) in [7, 11) is 0. The Balaban J connectivity index is 1.92. The normalized spacial score (nSPS) is 11.3. The van der Waals surface area contributed by atoms with Gasteiger partial charge in [-0.25, -0.2) is 0 Å². The third-order valence-electron chi connectivity index (χ3n) is 4.74. The number of fused-ring (bicyclic) bond motifs is 3. The SMILES string of the molecule is Clc1cccc2c1sc1c(-c3ccccc3)cc(-c3ccccc3)cc12. The van der Waals surface area contributed by atoms with Gasteiger partial charge in [0.15, 0.2) is 0 Å². The zero-order valence-electron chi connectivity index (χ0n) is 13.9. The van der Waals surface area contributed by atoms with Crippen LogP contribution in [0.25, 0.3) is 42.4 Å². The van der Waals surface area contributed by atoms with E-state index in [2.05, 4.69) is 78.9 Å². The van der Waals surface area contributed by atoms with Crippen molar-refractivity contribution in [3.8, 4) is 22.3 Å². The van der Waals surface area contributed by atoms with Gasteiger partial charge in [0.25, 0.3) is 0 Å². The second-order valence-corrected chi connectivity index (χ2v) is 7.78. The molecule has 0 bridgehead atoms. The minimum absolute atomic E-state index is 0.823. The molecule has 0 aliphatic rings. The van der Waals surface area contributed by atoms with Crippen molar-refractivity contribution in [2.75, 3.05) is 0 Å². The lowest BCUT2D eigenvalue weighted by Gasteiger charge is -2.09. The van der Waals surface area contributed by atoms with E-state index in [0.717, 1.165) is 9.72 Å². The van der Waals surface area contributed by atoms with E-state index in [1.165, 1.54) is 37.7 Å². The fourth-order valence-corrected chi connectivity index (χ4v) is 5.01.